The van der Waals surface area contributed by atoms with E-state index in [1.165, 1.54) is 0 Å². The molecule has 0 amide bonds. The molecule has 4 nitrogen and oxygen atoms in total. The Hall–Kier alpha value is -0.930. The van der Waals surface area contributed by atoms with Crippen LogP contribution in [0.15, 0.2) is 5.11 Å². The summed E-state index contributed by atoms with van der Waals surface area (Å²) >= 11 is 0. The predicted octanol–water partition coefficient (Wildman–Crippen LogP) is 1.27. The highest BCUT2D eigenvalue weighted by molar-refractivity contribution is 5.68. The molecule has 0 saturated heterocycles. The number of carboxylic acids is 1. The second-order valence-electron chi connectivity index (χ2n) is 2.49. The number of hydrogen-bond acceptors (Lipinski definition) is 3. The molecule has 0 unspecified atom stereocenters. The highest BCUT2D eigenvalue weighted by Gasteiger charge is 2.19. The average Bonchev–Trinajstić information content (AvgIpc) is 1.63. The molecule has 0 aliphatic heterocycles. The normalized spacial score (nSPS) is 10.9. The SMILES string of the molecule is CC(C)(CC(=O)O)N=N. The van der Waals surface area contributed by atoms with Crippen molar-refractivity contribution in [3.05, 3.63) is 0 Å². The number of hydrogen-bond donors (Lipinski definition) is 2. The van der Waals surface area contributed by atoms with Crippen LogP contribution in [0.5, 0.6) is 0 Å². The lowest BCUT2D eigenvalue weighted by Crippen LogP contribution is -2.20. The van der Waals surface area contributed by atoms with Crippen molar-refractivity contribution < 1.29 is 9.90 Å². The molecule has 0 rings (SSSR count). The van der Waals surface area contributed by atoms with E-state index < -0.39 is 11.5 Å². The van der Waals surface area contributed by atoms with Crippen molar-refractivity contribution in [1.29, 1.82) is 5.53 Å². The monoisotopic (exact) mass is 130 g/mol. The first kappa shape index (κ1) is 8.07. The van der Waals surface area contributed by atoms with Gasteiger partial charge in [0.25, 0.3) is 0 Å². The molecule has 0 aliphatic carbocycles. The number of nitrogens with zero attached hydrogens (tertiary/aromatic N) is 1. The van der Waals surface area contributed by atoms with Gasteiger partial charge in [-0.05, 0) is 13.8 Å². The topological polar surface area (TPSA) is 73.5 Å². The number of rotatable bonds is 3. The minimum atomic E-state index is -0.920. The van der Waals surface area contributed by atoms with Gasteiger partial charge in [-0.25, -0.2) is 5.53 Å². The standard InChI is InChI=1S/C5H10N2O2/c1-5(2,7-6)3-4(8)9/h6H,3H2,1-2H3,(H,8,9). The Labute approximate surface area is 53.4 Å². The Bertz CT molecular complexity index is 131. The van der Waals surface area contributed by atoms with Crippen molar-refractivity contribution in [3.8, 4) is 0 Å². The quantitative estimate of drug-likeness (QED) is 0.564. The fourth-order valence-corrected chi connectivity index (χ4v) is 0.410. The van der Waals surface area contributed by atoms with Gasteiger partial charge in [0.2, 0.25) is 0 Å². The average molecular weight is 130 g/mol. The lowest BCUT2D eigenvalue weighted by Gasteiger charge is -2.12. The van der Waals surface area contributed by atoms with Crippen molar-refractivity contribution in [2.45, 2.75) is 25.8 Å². The van der Waals surface area contributed by atoms with Gasteiger partial charge in [-0.1, -0.05) is 0 Å². The van der Waals surface area contributed by atoms with Crippen LogP contribution in [0.1, 0.15) is 20.3 Å². The first-order valence-electron chi connectivity index (χ1n) is 2.58. The van der Waals surface area contributed by atoms with Gasteiger partial charge in [0.1, 0.15) is 0 Å². The fourth-order valence-electron chi connectivity index (χ4n) is 0.410. The van der Waals surface area contributed by atoms with Crippen LogP contribution in [-0.2, 0) is 4.79 Å². The van der Waals surface area contributed by atoms with Crippen LogP contribution >= 0.6 is 0 Å². The summed E-state index contributed by atoms with van der Waals surface area (Å²) in [4.78, 5) is 10.0. The van der Waals surface area contributed by atoms with Gasteiger partial charge < -0.3 is 5.11 Å². The van der Waals surface area contributed by atoms with Gasteiger partial charge >= 0.3 is 5.97 Å². The van der Waals surface area contributed by atoms with E-state index in [-0.39, 0.29) is 6.42 Å². The molecule has 0 heterocycles. The molecule has 0 saturated carbocycles. The van der Waals surface area contributed by atoms with Gasteiger partial charge in [0.05, 0.1) is 12.0 Å². The van der Waals surface area contributed by atoms with Gasteiger partial charge in [0.15, 0.2) is 0 Å². The zero-order valence-corrected chi connectivity index (χ0v) is 5.51. The van der Waals surface area contributed by atoms with Crippen molar-refractivity contribution in [3.63, 3.8) is 0 Å². The van der Waals surface area contributed by atoms with Crippen LogP contribution in [0.3, 0.4) is 0 Å². The highest BCUT2D eigenvalue weighted by atomic mass is 16.4. The summed E-state index contributed by atoms with van der Waals surface area (Å²) < 4.78 is 0. The van der Waals surface area contributed by atoms with Crippen LogP contribution in [0.2, 0.25) is 0 Å². The first-order chi connectivity index (χ1) is 3.98. The summed E-state index contributed by atoms with van der Waals surface area (Å²) in [5, 5.41) is 11.4. The zero-order valence-electron chi connectivity index (χ0n) is 5.51. The van der Waals surface area contributed by atoms with Gasteiger partial charge in [-0.15, -0.1) is 0 Å². The number of nitrogens with one attached hydrogen (secondary N) is 1. The van der Waals surface area contributed by atoms with Gasteiger partial charge in [0, 0.05) is 0 Å². The molecule has 0 aromatic carbocycles. The third-order valence-corrected chi connectivity index (χ3v) is 0.886. The summed E-state index contributed by atoms with van der Waals surface area (Å²) in [6.45, 7) is 3.21. The van der Waals surface area contributed by atoms with E-state index >= 15 is 0 Å². The van der Waals surface area contributed by atoms with Gasteiger partial charge in [-0.2, -0.15) is 5.11 Å². The van der Waals surface area contributed by atoms with Crippen LogP contribution in [0.25, 0.3) is 0 Å². The lowest BCUT2D eigenvalue weighted by molar-refractivity contribution is -0.138. The van der Waals surface area contributed by atoms with Crippen LogP contribution in [0, 0.1) is 5.53 Å². The molecule has 2 N–H and O–H groups in total. The molecule has 0 bridgehead atoms. The Balaban J connectivity index is 3.86. The second kappa shape index (κ2) is 2.57. The molecule has 0 aromatic rings. The summed E-state index contributed by atoms with van der Waals surface area (Å²) in [5.41, 5.74) is 5.82. The maximum absolute atomic E-state index is 10.0. The maximum atomic E-state index is 10.0. The number of aliphatic carboxylic acids is 1. The smallest absolute Gasteiger partial charge is 0.305 e. The van der Waals surface area contributed by atoms with Crippen molar-refractivity contribution in [1.82, 2.24) is 0 Å². The maximum Gasteiger partial charge on any atom is 0.305 e. The molecular weight excluding hydrogens is 120 g/mol. The molecule has 0 aromatic heterocycles. The Kier molecular flexibility index (Phi) is 2.30. The van der Waals surface area contributed by atoms with Crippen molar-refractivity contribution in [2.24, 2.45) is 5.11 Å². The van der Waals surface area contributed by atoms with E-state index in [2.05, 4.69) is 5.11 Å². The molecular formula is C5H10N2O2. The molecule has 0 atom stereocenters. The molecule has 9 heavy (non-hydrogen) atoms. The van der Waals surface area contributed by atoms with Crippen molar-refractivity contribution >= 4 is 5.97 Å². The predicted molar refractivity (Wildman–Crippen MR) is 31.5 cm³/mol. The molecule has 4 heteroatoms. The minimum absolute atomic E-state index is 0.0868. The molecule has 0 aliphatic rings. The van der Waals surface area contributed by atoms with Crippen molar-refractivity contribution in [2.75, 3.05) is 0 Å². The van der Waals surface area contributed by atoms with Crippen LogP contribution in [0.4, 0.5) is 0 Å². The highest BCUT2D eigenvalue weighted by Crippen LogP contribution is 2.12. The number of carboxylic acid groups (broad SMARTS) is 1. The first-order valence-corrected chi connectivity index (χ1v) is 2.58. The van der Waals surface area contributed by atoms with E-state index in [0.29, 0.717) is 0 Å². The largest absolute Gasteiger partial charge is 0.481 e. The summed E-state index contributed by atoms with van der Waals surface area (Å²) in [7, 11) is 0. The third-order valence-electron chi connectivity index (χ3n) is 0.886. The van der Waals surface area contributed by atoms with Crippen LogP contribution in [-0.4, -0.2) is 16.6 Å². The summed E-state index contributed by atoms with van der Waals surface area (Å²) in [5.74, 6) is -0.920. The molecule has 52 valence electrons. The van der Waals surface area contributed by atoms with E-state index in [1.54, 1.807) is 13.8 Å². The number of carbonyl (C=O) groups is 1. The Morgan fingerprint density at radius 2 is 2.22 bits per heavy atom. The summed E-state index contributed by atoms with van der Waals surface area (Å²) in [6.07, 6.45) is -0.0868. The molecule has 0 fully saturated rings. The third kappa shape index (κ3) is 3.64. The molecule has 0 spiro atoms. The van der Waals surface area contributed by atoms with E-state index in [4.69, 9.17) is 10.6 Å². The van der Waals surface area contributed by atoms with E-state index in [1.807, 2.05) is 0 Å². The fraction of sp³-hybridized carbons (Fsp3) is 0.800. The minimum Gasteiger partial charge on any atom is -0.481 e. The lowest BCUT2D eigenvalue weighted by atomic mass is 10.0. The zero-order chi connectivity index (χ0) is 7.49. The van der Waals surface area contributed by atoms with E-state index in [9.17, 15) is 4.79 Å². The summed E-state index contributed by atoms with van der Waals surface area (Å²) in [6, 6.07) is 0. The Morgan fingerprint density at radius 3 is 2.33 bits per heavy atom. The Morgan fingerprint density at radius 1 is 1.78 bits per heavy atom. The molecule has 0 radical (unpaired) electrons. The van der Waals surface area contributed by atoms with E-state index in [0.717, 1.165) is 0 Å². The second-order valence-corrected chi connectivity index (χ2v) is 2.49. The van der Waals surface area contributed by atoms with Crippen LogP contribution < -0.4 is 0 Å². The van der Waals surface area contributed by atoms with Gasteiger partial charge in [-0.3, -0.25) is 4.79 Å².